The summed E-state index contributed by atoms with van der Waals surface area (Å²) in [6.45, 7) is 9.87. The van der Waals surface area contributed by atoms with Crippen LogP contribution in [-0.2, 0) is 12.8 Å². The van der Waals surface area contributed by atoms with Gasteiger partial charge in [0.1, 0.15) is 0 Å². The Bertz CT molecular complexity index is 930. The van der Waals surface area contributed by atoms with E-state index in [9.17, 15) is 4.79 Å². The van der Waals surface area contributed by atoms with E-state index in [2.05, 4.69) is 21.2 Å². The second kappa shape index (κ2) is 10.1. The number of ether oxygens (including phenoxy) is 3. The summed E-state index contributed by atoms with van der Waals surface area (Å²) in [5, 5.41) is 8.82. The van der Waals surface area contributed by atoms with Gasteiger partial charge in [0.15, 0.2) is 17.3 Å². The number of carbonyl (C=O) groups is 1. The van der Waals surface area contributed by atoms with Gasteiger partial charge >= 0.3 is 0 Å². The number of rotatable bonds is 8. The zero-order valence-electron chi connectivity index (χ0n) is 19.2. The highest BCUT2D eigenvalue weighted by molar-refractivity contribution is 5.95. The molecule has 2 heterocycles. The number of aromatic nitrogens is 2. The molecule has 2 aromatic rings. The number of amides is 1. The van der Waals surface area contributed by atoms with Gasteiger partial charge in [0.25, 0.3) is 5.91 Å². The van der Waals surface area contributed by atoms with E-state index in [-0.39, 0.29) is 5.91 Å². The summed E-state index contributed by atoms with van der Waals surface area (Å²) < 4.78 is 17.3. The van der Waals surface area contributed by atoms with Gasteiger partial charge in [-0.15, -0.1) is 5.10 Å². The Morgan fingerprint density at radius 1 is 0.875 bits per heavy atom. The highest BCUT2D eigenvalue weighted by atomic mass is 16.5. The first-order chi connectivity index (χ1) is 15.6. The molecule has 2 aliphatic rings. The standard InChI is InChI=1S/C24H32N4O4/c1-4-30-20-14-18(15-21(31-5-2)23(20)32-6-3)24(29)28-12-10-27(11-13-28)22-16-17-8-7-9-19(17)25-26-22/h14-16H,4-13H2,1-3H3. The normalized spacial score (nSPS) is 15.5. The smallest absolute Gasteiger partial charge is 0.254 e. The second-order valence-corrected chi connectivity index (χ2v) is 7.91. The maximum absolute atomic E-state index is 13.3. The molecule has 0 saturated carbocycles. The Morgan fingerprint density at radius 2 is 1.53 bits per heavy atom. The zero-order valence-corrected chi connectivity index (χ0v) is 19.2. The van der Waals surface area contributed by atoms with E-state index in [4.69, 9.17) is 14.2 Å². The van der Waals surface area contributed by atoms with E-state index in [1.807, 2.05) is 25.7 Å². The summed E-state index contributed by atoms with van der Waals surface area (Å²) >= 11 is 0. The van der Waals surface area contributed by atoms with Gasteiger partial charge in [0.2, 0.25) is 5.75 Å². The molecule has 1 saturated heterocycles. The lowest BCUT2D eigenvalue weighted by molar-refractivity contribution is 0.0745. The monoisotopic (exact) mass is 440 g/mol. The van der Waals surface area contributed by atoms with Gasteiger partial charge in [0, 0.05) is 31.7 Å². The van der Waals surface area contributed by atoms with Crippen molar-refractivity contribution >= 4 is 11.7 Å². The van der Waals surface area contributed by atoms with Crippen LogP contribution < -0.4 is 19.1 Å². The third-order valence-electron chi connectivity index (χ3n) is 5.85. The SMILES string of the molecule is CCOc1cc(C(=O)N2CCN(c3cc4c(nn3)CCC4)CC2)cc(OCC)c1OCC. The van der Waals surface area contributed by atoms with Crippen LogP contribution in [0.15, 0.2) is 18.2 Å². The molecule has 4 rings (SSSR count). The van der Waals surface area contributed by atoms with Crippen LogP contribution in [-0.4, -0.2) is 67.0 Å². The van der Waals surface area contributed by atoms with Gasteiger partial charge in [-0.3, -0.25) is 4.79 Å². The summed E-state index contributed by atoms with van der Waals surface area (Å²) in [6.07, 6.45) is 3.27. The largest absolute Gasteiger partial charge is 0.490 e. The van der Waals surface area contributed by atoms with E-state index in [1.54, 1.807) is 12.1 Å². The number of nitrogens with zero attached hydrogens (tertiary/aromatic N) is 4. The summed E-state index contributed by atoms with van der Waals surface area (Å²) in [5.74, 6) is 2.50. The number of aryl methyl sites for hydroxylation is 2. The lowest BCUT2D eigenvalue weighted by Gasteiger charge is -2.35. The van der Waals surface area contributed by atoms with Crippen LogP contribution in [0.4, 0.5) is 5.82 Å². The Morgan fingerprint density at radius 3 is 2.16 bits per heavy atom. The Kier molecular flexibility index (Phi) is 6.97. The van der Waals surface area contributed by atoms with Crippen LogP contribution in [0.1, 0.15) is 48.8 Å². The zero-order chi connectivity index (χ0) is 22.5. The average Bonchev–Trinajstić information content (AvgIpc) is 3.29. The summed E-state index contributed by atoms with van der Waals surface area (Å²) in [7, 11) is 0. The number of hydrogen-bond acceptors (Lipinski definition) is 7. The van der Waals surface area contributed by atoms with E-state index < -0.39 is 0 Å². The van der Waals surface area contributed by atoms with Crippen molar-refractivity contribution in [2.75, 3.05) is 50.9 Å². The molecular weight excluding hydrogens is 408 g/mol. The topological polar surface area (TPSA) is 77.0 Å². The van der Waals surface area contributed by atoms with E-state index in [0.29, 0.717) is 55.7 Å². The molecule has 1 aliphatic carbocycles. The van der Waals surface area contributed by atoms with Crippen molar-refractivity contribution in [2.45, 2.75) is 40.0 Å². The van der Waals surface area contributed by atoms with Crippen molar-refractivity contribution in [3.05, 3.63) is 35.0 Å². The van der Waals surface area contributed by atoms with Crippen LogP contribution in [0.2, 0.25) is 0 Å². The van der Waals surface area contributed by atoms with Crippen LogP contribution >= 0.6 is 0 Å². The average molecular weight is 441 g/mol. The number of carbonyl (C=O) groups excluding carboxylic acids is 1. The molecule has 8 nitrogen and oxygen atoms in total. The molecule has 1 fully saturated rings. The molecule has 1 amide bonds. The molecule has 1 aromatic heterocycles. The van der Waals surface area contributed by atoms with Gasteiger partial charge in [-0.05, 0) is 63.8 Å². The maximum atomic E-state index is 13.3. The molecule has 0 unspecified atom stereocenters. The summed E-state index contributed by atoms with van der Waals surface area (Å²) in [4.78, 5) is 17.4. The van der Waals surface area contributed by atoms with Gasteiger partial charge in [-0.25, -0.2) is 0 Å². The van der Waals surface area contributed by atoms with Crippen LogP contribution in [0.3, 0.4) is 0 Å². The van der Waals surface area contributed by atoms with Crippen molar-refractivity contribution in [2.24, 2.45) is 0 Å². The summed E-state index contributed by atoms with van der Waals surface area (Å²) in [5.41, 5.74) is 2.99. The summed E-state index contributed by atoms with van der Waals surface area (Å²) in [6, 6.07) is 5.69. The molecule has 0 spiro atoms. The van der Waals surface area contributed by atoms with Gasteiger partial charge in [-0.2, -0.15) is 5.10 Å². The van der Waals surface area contributed by atoms with Gasteiger partial charge in [-0.1, -0.05) is 0 Å². The molecular formula is C24H32N4O4. The fraction of sp³-hybridized carbons (Fsp3) is 0.542. The first kappa shape index (κ1) is 22.2. The fourth-order valence-corrected chi connectivity index (χ4v) is 4.31. The van der Waals surface area contributed by atoms with Crippen LogP contribution in [0, 0.1) is 0 Å². The molecule has 0 radical (unpaired) electrons. The molecule has 1 aromatic carbocycles. The third-order valence-corrected chi connectivity index (χ3v) is 5.85. The minimum atomic E-state index is -0.0327. The fourth-order valence-electron chi connectivity index (χ4n) is 4.31. The van der Waals surface area contributed by atoms with Crippen molar-refractivity contribution in [3.63, 3.8) is 0 Å². The number of anilines is 1. The predicted molar refractivity (Wildman–Crippen MR) is 122 cm³/mol. The molecule has 0 atom stereocenters. The number of piperazine rings is 1. The van der Waals surface area contributed by atoms with Crippen molar-refractivity contribution in [3.8, 4) is 17.2 Å². The number of benzene rings is 1. The van der Waals surface area contributed by atoms with Gasteiger partial charge < -0.3 is 24.0 Å². The van der Waals surface area contributed by atoms with E-state index in [1.165, 1.54) is 5.56 Å². The molecule has 32 heavy (non-hydrogen) atoms. The van der Waals surface area contributed by atoms with Crippen molar-refractivity contribution in [1.82, 2.24) is 15.1 Å². The number of hydrogen-bond donors (Lipinski definition) is 0. The minimum absolute atomic E-state index is 0.0327. The lowest BCUT2D eigenvalue weighted by atomic mass is 10.1. The lowest BCUT2D eigenvalue weighted by Crippen LogP contribution is -2.49. The quantitative estimate of drug-likeness (QED) is 0.624. The highest BCUT2D eigenvalue weighted by Crippen LogP contribution is 2.39. The van der Waals surface area contributed by atoms with Crippen LogP contribution in [0.25, 0.3) is 0 Å². The first-order valence-corrected chi connectivity index (χ1v) is 11.6. The molecule has 172 valence electrons. The Balaban J connectivity index is 1.48. The van der Waals surface area contributed by atoms with Crippen LogP contribution in [0.5, 0.6) is 17.2 Å². The number of fused-ring (bicyclic) bond motifs is 1. The maximum Gasteiger partial charge on any atom is 0.254 e. The Hall–Kier alpha value is -3.03. The predicted octanol–water partition coefficient (Wildman–Crippen LogP) is 3.12. The van der Waals surface area contributed by atoms with Crippen molar-refractivity contribution < 1.29 is 19.0 Å². The van der Waals surface area contributed by atoms with Gasteiger partial charge in [0.05, 0.1) is 25.5 Å². The molecule has 8 heteroatoms. The molecule has 1 aliphatic heterocycles. The highest BCUT2D eigenvalue weighted by Gasteiger charge is 2.26. The van der Waals surface area contributed by atoms with E-state index >= 15 is 0 Å². The first-order valence-electron chi connectivity index (χ1n) is 11.6. The Labute approximate surface area is 189 Å². The third kappa shape index (κ3) is 4.59. The minimum Gasteiger partial charge on any atom is -0.490 e. The second-order valence-electron chi connectivity index (χ2n) is 7.91. The molecule has 0 N–H and O–H groups in total. The van der Waals surface area contributed by atoms with Crippen molar-refractivity contribution in [1.29, 1.82) is 0 Å². The van der Waals surface area contributed by atoms with E-state index in [0.717, 1.165) is 43.9 Å². The molecule has 0 bridgehead atoms.